The number of amides is 1. The van der Waals surface area contributed by atoms with Crippen molar-refractivity contribution in [2.75, 3.05) is 19.6 Å². The molecule has 3 heterocycles. The molecule has 1 N–H and O–H groups in total. The number of carbonyl (C=O) groups is 1. The first-order valence-electron chi connectivity index (χ1n) is 9.89. The summed E-state index contributed by atoms with van der Waals surface area (Å²) in [5.74, 6) is 1.12. The summed E-state index contributed by atoms with van der Waals surface area (Å²) in [5.41, 5.74) is 0. The first-order chi connectivity index (χ1) is 12.8. The average Bonchev–Trinajstić information content (AvgIpc) is 3.30. The number of nitrogens with zero attached hydrogens (tertiary/aromatic N) is 1. The molecular formula is C21H30N2O2S. The van der Waals surface area contributed by atoms with Crippen molar-refractivity contribution in [2.45, 2.75) is 57.4 Å². The Morgan fingerprint density at radius 2 is 2.00 bits per heavy atom. The standard InChI is InChI=1S/C21H30N2O2S/c24-21(12-4-3-9-18-10-8-16-26-18)22-17-19(20-11-7-15-25-20)23-13-5-1-2-6-14-23/h7-8,10-11,15-16,19H,1-6,9,12-14,17H2,(H,22,24). The monoisotopic (exact) mass is 374 g/mol. The molecule has 0 bridgehead atoms. The van der Waals surface area contributed by atoms with Crippen molar-refractivity contribution in [2.24, 2.45) is 0 Å². The van der Waals surface area contributed by atoms with E-state index in [-0.39, 0.29) is 11.9 Å². The molecule has 1 unspecified atom stereocenters. The molecule has 2 aromatic heterocycles. The van der Waals surface area contributed by atoms with E-state index in [1.165, 1.54) is 30.6 Å². The molecule has 1 aliphatic heterocycles. The average molecular weight is 375 g/mol. The van der Waals surface area contributed by atoms with Gasteiger partial charge in [0.25, 0.3) is 0 Å². The zero-order valence-electron chi connectivity index (χ0n) is 15.5. The van der Waals surface area contributed by atoms with E-state index in [1.807, 2.05) is 12.1 Å². The molecule has 0 aliphatic carbocycles. The summed E-state index contributed by atoms with van der Waals surface area (Å²) >= 11 is 1.80. The molecule has 26 heavy (non-hydrogen) atoms. The van der Waals surface area contributed by atoms with Crippen LogP contribution in [0.5, 0.6) is 0 Å². The van der Waals surface area contributed by atoms with Crippen LogP contribution in [0.2, 0.25) is 0 Å². The fourth-order valence-electron chi connectivity index (χ4n) is 3.64. The Balaban J connectivity index is 1.43. The lowest BCUT2D eigenvalue weighted by molar-refractivity contribution is -0.121. The summed E-state index contributed by atoms with van der Waals surface area (Å²) in [6, 6.07) is 8.37. The van der Waals surface area contributed by atoms with Gasteiger partial charge in [-0.2, -0.15) is 0 Å². The number of thiophene rings is 1. The second-order valence-electron chi connectivity index (χ2n) is 7.07. The van der Waals surface area contributed by atoms with Crippen LogP contribution in [0.4, 0.5) is 0 Å². The van der Waals surface area contributed by atoms with Crippen LogP contribution in [0.3, 0.4) is 0 Å². The highest BCUT2D eigenvalue weighted by atomic mass is 32.1. The maximum absolute atomic E-state index is 12.3. The summed E-state index contributed by atoms with van der Waals surface area (Å²) in [4.78, 5) is 16.2. The molecule has 1 fully saturated rings. The van der Waals surface area contributed by atoms with E-state index >= 15 is 0 Å². The van der Waals surface area contributed by atoms with E-state index < -0.39 is 0 Å². The van der Waals surface area contributed by atoms with Gasteiger partial charge < -0.3 is 9.73 Å². The van der Waals surface area contributed by atoms with Crippen molar-refractivity contribution in [3.05, 3.63) is 46.5 Å². The number of nitrogens with one attached hydrogen (secondary N) is 1. The van der Waals surface area contributed by atoms with Crippen molar-refractivity contribution in [1.82, 2.24) is 10.2 Å². The quantitative estimate of drug-likeness (QED) is 0.642. The van der Waals surface area contributed by atoms with Gasteiger partial charge in [-0.25, -0.2) is 0 Å². The number of aryl methyl sites for hydroxylation is 1. The fourth-order valence-corrected chi connectivity index (χ4v) is 4.39. The normalized spacial score (nSPS) is 16.9. The largest absolute Gasteiger partial charge is 0.468 e. The van der Waals surface area contributed by atoms with Crippen LogP contribution in [-0.2, 0) is 11.2 Å². The molecule has 5 heteroatoms. The summed E-state index contributed by atoms with van der Waals surface area (Å²) in [6.45, 7) is 2.81. The number of furan rings is 1. The third-order valence-electron chi connectivity index (χ3n) is 5.10. The molecule has 1 amide bonds. The molecule has 0 radical (unpaired) electrons. The molecule has 4 nitrogen and oxygen atoms in total. The highest BCUT2D eigenvalue weighted by molar-refractivity contribution is 7.09. The van der Waals surface area contributed by atoms with Gasteiger partial charge in [-0.15, -0.1) is 11.3 Å². The smallest absolute Gasteiger partial charge is 0.220 e. The molecule has 0 saturated carbocycles. The number of hydrogen-bond acceptors (Lipinski definition) is 4. The zero-order valence-corrected chi connectivity index (χ0v) is 16.3. The minimum atomic E-state index is 0.151. The van der Waals surface area contributed by atoms with E-state index in [0.29, 0.717) is 13.0 Å². The predicted octanol–water partition coefficient (Wildman–Crippen LogP) is 4.79. The van der Waals surface area contributed by atoms with Gasteiger partial charge in [-0.3, -0.25) is 9.69 Å². The molecular weight excluding hydrogens is 344 g/mol. The number of hydrogen-bond donors (Lipinski definition) is 1. The lowest BCUT2D eigenvalue weighted by atomic mass is 10.1. The van der Waals surface area contributed by atoms with E-state index in [4.69, 9.17) is 4.42 Å². The van der Waals surface area contributed by atoms with Crippen LogP contribution in [0.1, 0.15) is 61.6 Å². The maximum Gasteiger partial charge on any atom is 0.220 e. The second-order valence-corrected chi connectivity index (χ2v) is 8.10. The fraction of sp³-hybridized carbons (Fsp3) is 0.571. The van der Waals surface area contributed by atoms with Crippen LogP contribution < -0.4 is 5.32 Å². The van der Waals surface area contributed by atoms with Gasteiger partial charge in [-0.1, -0.05) is 18.9 Å². The Kier molecular flexibility index (Phi) is 7.77. The highest BCUT2D eigenvalue weighted by Crippen LogP contribution is 2.24. The first kappa shape index (κ1) is 19.2. The SMILES string of the molecule is O=C(CCCCc1cccs1)NCC(c1ccco1)N1CCCCCC1. The Morgan fingerprint density at radius 3 is 2.69 bits per heavy atom. The molecule has 142 valence electrons. The Morgan fingerprint density at radius 1 is 1.15 bits per heavy atom. The van der Waals surface area contributed by atoms with Gasteiger partial charge in [0.05, 0.1) is 12.3 Å². The third kappa shape index (κ3) is 5.99. The molecule has 1 atom stereocenters. The van der Waals surface area contributed by atoms with Crippen molar-refractivity contribution >= 4 is 17.2 Å². The number of unbranched alkanes of at least 4 members (excludes halogenated alkanes) is 1. The van der Waals surface area contributed by atoms with E-state index in [0.717, 1.165) is 38.1 Å². The van der Waals surface area contributed by atoms with Crippen molar-refractivity contribution in [3.8, 4) is 0 Å². The molecule has 0 spiro atoms. The minimum absolute atomic E-state index is 0.151. The Labute approximate surface area is 160 Å². The van der Waals surface area contributed by atoms with Crippen molar-refractivity contribution in [1.29, 1.82) is 0 Å². The molecule has 1 saturated heterocycles. The summed E-state index contributed by atoms with van der Waals surface area (Å²) in [5, 5.41) is 5.26. The lowest BCUT2D eigenvalue weighted by Crippen LogP contribution is -2.38. The van der Waals surface area contributed by atoms with E-state index in [9.17, 15) is 4.79 Å². The second kappa shape index (κ2) is 10.5. The van der Waals surface area contributed by atoms with Gasteiger partial charge in [0, 0.05) is 17.8 Å². The number of likely N-dealkylation sites (tertiary alicyclic amines) is 1. The lowest BCUT2D eigenvalue weighted by Gasteiger charge is -2.29. The van der Waals surface area contributed by atoms with Gasteiger partial charge in [0.15, 0.2) is 0 Å². The Hall–Kier alpha value is -1.59. The predicted molar refractivity (Wildman–Crippen MR) is 106 cm³/mol. The van der Waals surface area contributed by atoms with Gasteiger partial charge in [0.2, 0.25) is 5.91 Å². The first-order valence-corrected chi connectivity index (χ1v) is 10.8. The number of carbonyl (C=O) groups excluding carboxylic acids is 1. The van der Waals surface area contributed by atoms with Crippen LogP contribution in [-0.4, -0.2) is 30.4 Å². The van der Waals surface area contributed by atoms with Crippen LogP contribution in [0, 0.1) is 0 Å². The molecule has 3 rings (SSSR count). The van der Waals surface area contributed by atoms with Crippen LogP contribution >= 0.6 is 11.3 Å². The molecule has 2 aromatic rings. The topological polar surface area (TPSA) is 45.5 Å². The van der Waals surface area contributed by atoms with E-state index in [2.05, 4.69) is 27.7 Å². The summed E-state index contributed by atoms with van der Waals surface area (Å²) in [7, 11) is 0. The maximum atomic E-state index is 12.3. The van der Waals surface area contributed by atoms with Crippen molar-refractivity contribution in [3.63, 3.8) is 0 Å². The minimum Gasteiger partial charge on any atom is -0.468 e. The number of rotatable bonds is 9. The van der Waals surface area contributed by atoms with Crippen LogP contribution in [0.15, 0.2) is 40.3 Å². The van der Waals surface area contributed by atoms with Gasteiger partial charge >= 0.3 is 0 Å². The summed E-state index contributed by atoms with van der Waals surface area (Å²) < 4.78 is 5.67. The van der Waals surface area contributed by atoms with Crippen LogP contribution in [0.25, 0.3) is 0 Å². The van der Waals surface area contributed by atoms with E-state index in [1.54, 1.807) is 17.6 Å². The molecule has 1 aliphatic rings. The summed E-state index contributed by atoms with van der Waals surface area (Å²) in [6.07, 6.45) is 10.5. The Bertz CT molecular complexity index is 616. The van der Waals surface area contributed by atoms with Crippen molar-refractivity contribution < 1.29 is 9.21 Å². The highest BCUT2D eigenvalue weighted by Gasteiger charge is 2.24. The molecule has 0 aromatic carbocycles. The zero-order chi connectivity index (χ0) is 18.0. The van der Waals surface area contributed by atoms with Gasteiger partial charge in [-0.05, 0) is 68.8 Å². The third-order valence-corrected chi connectivity index (χ3v) is 6.04. The van der Waals surface area contributed by atoms with Gasteiger partial charge in [0.1, 0.15) is 5.76 Å².